The molecule has 8 nitrogen and oxygen atoms in total. The van der Waals surface area contributed by atoms with Crippen molar-refractivity contribution in [3.05, 3.63) is 72.8 Å². The number of nitrogens with one attached hydrogen (secondary N) is 2. The van der Waals surface area contributed by atoms with E-state index in [0.29, 0.717) is 35.8 Å². The first-order valence-electron chi connectivity index (χ1n) is 9.89. The van der Waals surface area contributed by atoms with Crippen LogP contribution in [0.15, 0.2) is 67.3 Å². The summed E-state index contributed by atoms with van der Waals surface area (Å²) in [7, 11) is 0. The number of benzene rings is 2. The van der Waals surface area contributed by atoms with Gasteiger partial charge in [0.1, 0.15) is 18.0 Å². The molecule has 3 rings (SSSR count). The van der Waals surface area contributed by atoms with E-state index in [1.165, 1.54) is 0 Å². The van der Waals surface area contributed by atoms with Gasteiger partial charge in [0.05, 0.1) is 18.6 Å². The minimum absolute atomic E-state index is 0.321. The molecule has 2 N–H and O–H groups in total. The summed E-state index contributed by atoms with van der Waals surface area (Å²) in [5, 5.41) is 5.50. The number of anilines is 2. The highest BCUT2D eigenvalue weighted by atomic mass is 16.6. The molecule has 1 aromatic heterocycles. The largest absolute Gasteiger partial charge is 0.490 e. The summed E-state index contributed by atoms with van der Waals surface area (Å²) in [6, 6.07) is 13.9. The number of amides is 2. The molecule has 0 radical (unpaired) electrons. The number of ether oxygens (including phenoxy) is 2. The standard InChI is InChI=1S/C23H26N4O4/c1-23(2,3)31-22(29)25-18-8-6-7-17(15-18)21(28)26-19-9-4-5-10-20(19)30-14-13-27-12-11-24-16-27/h4-12,15-16H,13-14H2,1-3H3,(H,25,29)(H,26,28). The van der Waals surface area contributed by atoms with Gasteiger partial charge in [-0.15, -0.1) is 0 Å². The molecule has 0 unspecified atom stereocenters. The lowest BCUT2D eigenvalue weighted by atomic mass is 10.1. The van der Waals surface area contributed by atoms with Gasteiger partial charge in [0.25, 0.3) is 5.91 Å². The average molecular weight is 422 g/mol. The zero-order valence-corrected chi connectivity index (χ0v) is 17.8. The molecule has 1 heterocycles. The highest BCUT2D eigenvalue weighted by molar-refractivity contribution is 6.05. The smallest absolute Gasteiger partial charge is 0.412 e. The fourth-order valence-corrected chi connectivity index (χ4v) is 2.73. The third-order valence-corrected chi connectivity index (χ3v) is 4.07. The summed E-state index contributed by atoms with van der Waals surface area (Å²) < 4.78 is 13.0. The predicted octanol–water partition coefficient (Wildman–Crippen LogP) is 4.56. The van der Waals surface area contributed by atoms with Crippen molar-refractivity contribution in [2.24, 2.45) is 0 Å². The molecule has 31 heavy (non-hydrogen) atoms. The second-order valence-corrected chi connectivity index (χ2v) is 7.81. The van der Waals surface area contributed by atoms with E-state index in [4.69, 9.17) is 9.47 Å². The summed E-state index contributed by atoms with van der Waals surface area (Å²) in [4.78, 5) is 28.7. The number of rotatable bonds is 7. The number of hydrogen-bond acceptors (Lipinski definition) is 5. The Morgan fingerprint density at radius 3 is 2.61 bits per heavy atom. The van der Waals surface area contributed by atoms with Crippen LogP contribution in [0, 0.1) is 0 Å². The van der Waals surface area contributed by atoms with Crippen LogP contribution in [0.5, 0.6) is 5.75 Å². The van der Waals surface area contributed by atoms with Crippen molar-refractivity contribution in [1.29, 1.82) is 0 Å². The van der Waals surface area contributed by atoms with E-state index in [1.54, 1.807) is 69.7 Å². The summed E-state index contributed by atoms with van der Waals surface area (Å²) in [5.74, 6) is 0.248. The lowest BCUT2D eigenvalue weighted by Crippen LogP contribution is -2.27. The zero-order valence-electron chi connectivity index (χ0n) is 17.8. The molecule has 0 saturated carbocycles. The first-order chi connectivity index (χ1) is 14.8. The first kappa shape index (κ1) is 21.9. The zero-order chi connectivity index (χ0) is 22.3. The van der Waals surface area contributed by atoms with Crippen LogP contribution in [0.3, 0.4) is 0 Å². The van der Waals surface area contributed by atoms with Crippen molar-refractivity contribution >= 4 is 23.4 Å². The Balaban J connectivity index is 1.63. The summed E-state index contributed by atoms with van der Waals surface area (Å²) in [6.45, 7) is 6.42. The van der Waals surface area contributed by atoms with E-state index in [1.807, 2.05) is 22.9 Å². The van der Waals surface area contributed by atoms with Crippen LogP contribution in [-0.2, 0) is 11.3 Å². The highest BCUT2D eigenvalue weighted by Gasteiger charge is 2.17. The molecular formula is C23H26N4O4. The number of aromatic nitrogens is 2. The number of carbonyl (C=O) groups excluding carboxylic acids is 2. The first-order valence-corrected chi connectivity index (χ1v) is 9.89. The summed E-state index contributed by atoms with van der Waals surface area (Å²) in [5.41, 5.74) is 0.804. The fourth-order valence-electron chi connectivity index (χ4n) is 2.73. The molecule has 3 aromatic rings. The molecule has 0 atom stereocenters. The molecule has 0 spiro atoms. The molecule has 0 fully saturated rings. The molecule has 162 valence electrons. The summed E-state index contributed by atoms with van der Waals surface area (Å²) in [6.07, 6.45) is 4.70. The molecule has 0 saturated heterocycles. The maximum absolute atomic E-state index is 12.8. The Labute approximate surface area is 181 Å². The van der Waals surface area contributed by atoms with Crippen molar-refractivity contribution in [2.75, 3.05) is 17.2 Å². The maximum atomic E-state index is 12.8. The number of carbonyl (C=O) groups is 2. The highest BCUT2D eigenvalue weighted by Crippen LogP contribution is 2.25. The normalized spacial score (nSPS) is 10.9. The topological polar surface area (TPSA) is 94.5 Å². The Morgan fingerprint density at radius 1 is 1.06 bits per heavy atom. The lowest BCUT2D eigenvalue weighted by Gasteiger charge is -2.19. The van der Waals surface area contributed by atoms with Crippen molar-refractivity contribution in [3.8, 4) is 5.75 Å². The lowest BCUT2D eigenvalue weighted by molar-refractivity contribution is 0.0635. The molecule has 8 heteroatoms. The van der Waals surface area contributed by atoms with Gasteiger partial charge in [-0.2, -0.15) is 0 Å². The third kappa shape index (κ3) is 6.88. The summed E-state index contributed by atoms with van der Waals surface area (Å²) >= 11 is 0. The minimum atomic E-state index is -0.610. The monoisotopic (exact) mass is 422 g/mol. The Bertz CT molecular complexity index is 1030. The van der Waals surface area contributed by atoms with Crippen molar-refractivity contribution < 1.29 is 19.1 Å². The quantitative estimate of drug-likeness (QED) is 0.582. The van der Waals surface area contributed by atoms with E-state index in [2.05, 4.69) is 15.6 Å². The molecular weight excluding hydrogens is 396 g/mol. The Hall–Kier alpha value is -3.81. The van der Waals surface area contributed by atoms with Gasteiger partial charge < -0.3 is 19.4 Å². The van der Waals surface area contributed by atoms with Gasteiger partial charge in [0, 0.05) is 23.6 Å². The van der Waals surface area contributed by atoms with Crippen LogP contribution in [0.2, 0.25) is 0 Å². The Kier molecular flexibility index (Phi) is 6.92. The van der Waals surface area contributed by atoms with Crippen molar-refractivity contribution in [1.82, 2.24) is 9.55 Å². The van der Waals surface area contributed by atoms with E-state index in [-0.39, 0.29) is 5.91 Å². The van der Waals surface area contributed by atoms with E-state index in [9.17, 15) is 9.59 Å². The molecule has 0 aliphatic heterocycles. The van der Waals surface area contributed by atoms with Gasteiger partial charge in [-0.25, -0.2) is 9.78 Å². The van der Waals surface area contributed by atoms with Crippen LogP contribution in [0.25, 0.3) is 0 Å². The second kappa shape index (κ2) is 9.80. The molecule has 0 bridgehead atoms. The average Bonchev–Trinajstić information content (AvgIpc) is 3.21. The fraction of sp³-hybridized carbons (Fsp3) is 0.261. The number of nitrogens with zero attached hydrogens (tertiary/aromatic N) is 2. The van der Waals surface area contributed by atoms with Crippen LogP contribution in [0.4, 0.5) is 16.2 Å². The number of para-hydroxylation sites is 2. The number of hydrogen-bond donors (Lipinski definition) is 2. The van der Waals surface area contributed by atoms with Crippen molar-refractivity contribution in [3.63, 3.8) is 0 Å². The molecule has 0 aliphatic rings. The maximum Gasteiger partial charge on any atom is 0.412 e. The number of imidazole rings is 1. The molecule has 2 amide bonds. The van der Waals surface area contributed by atoms with Gasteiger partial charge in [-0.1, -0.05) is 18.2 Å². The van der Waals surface area contributed by atoms with Crippen molar-refractivity contribution in [2.45, 2.75) is 32.9 Å². The third-order valence-electron chi connectivity index (χ3n) is 4.07. The van der Waals surface area contributed by atoms with E-state index in [0.717, 1.165) is 0 Å². The van der Waals surface area contributed by atoms with Crippen LogP contribution >= 0.6 is 0 Å². The van der Waals surface area contributed by atoms with Crippen LogP contribution in [-0.4, -0.2) is 33.8 Å². The van der Waals surface area contributed by atoms with Crippen LogP contribution < -0.4 is 15.4 Å². The van der Waals surface area contributed by atoms with Gasteiger partial charge in [0.2, 0.25) is 0 Å². The second-order valence-electron chi connectivity index (χ2n) is 7.81. The van der Waals surface area contributed by atoms with E-state index >= 15 is 0 Å². The SMILES string of the molecule is CC(C)(C)OC(=O)Nc1cccc(C(=O)Nc2ccccc2OCCn2ccnc2)c1. The minimum Gasteiger partial charge on any atom is -0.490 e. The molecule has 2 aromatic carbocycles. The van der Waals surface area contributed by atoms with E-state index < -0.39 is 11.7 Å². The predicted molar refractivity (Wildman–Crippen MR) is 118 cm³/mol. The molecule has 0 aliphatic carbocycles. The van der Waals surface area contributed by atoms with Gasteiger partial charge in [-0.3, -0.25) is 10.1 Å². The van der Waals surface area contributed by atoms with Gasteiger partial charge >= 0.3 is 6.09 Å². The van der Waals surface area contributed by atoms with Gasteiger partial charge in [0.15, 0.2) is 0 Å². The van der Waals surface area contributed by atoms with Crippen LogP contribution in [0.1, 0.15) is 31.1 Å². The van der Waals surface area contributed by atoms with Gasteiger partial charge in [-0.05, 0) is 51.1 Å². The Morgan fingerprint density at radius 2 is 1.87 bits per heavy atom.